The first-order chi connectivity index (χ1) is 12.9. The maximum atomic E-state index is 12.4. The van der Waals surface area contributed by atoms with Crippen LogP contribution < -0.4 is 16.4 Å². The molecule has 1 unspecified atom stereocenters. The van der Waals surface area contributed by atoms with Crippen molar-refractivity contribution in [1.29, 1.82) is 0 Å². The number of aromatic nitrogens is 1. The molecule has 0 aliphatic heterocycles. The third-order valence-electron chi connectivity index (χ3n) is 4.67. The predicted octanol–water partition coefficient (Wildman–Crippen LogP) is 4.56. The summed E-state index contributed by atoms with van der Waals surface area (Å²) in [6, 6.07) is 12.1. The molecule has 0 spiro atoms. The number of nitrogens with one attached hydrogen (secondary N) is 2. The number of rotatable bonds is 3. The Bertz CT molecular complexity index is 1230. The predicted molar refractivity (Wildman–Crippen MR) is 107 cm³/mol. The SMILES string of the molecule is Cc1c(C(C)NC(=O)Nc2ccc3c(c2)oc(=O)n3C)oc2ccccc12.[HH].[HH]. The van der Waals surface area contributed by atoms with E-state index in [0.29, 0.717) is 16.8 Å². The molecule has 0 aliphatic carbocycles. The monoisotopic (exact) mass is 369 g/mol. The van der Waals surface area contributed by atoms with Gasteiger partial charge in [0.05, 0.1) is 11.6 Å². The number of oxazole rings is 1. The number of para-hydroxylation sites is 1. The average Bonchev–Trinajstić information content (AvgIpc) is 3.12. The van der Waals surface area contributed by atoms with Gasteiger partial charge in [0.1, 0.15) is 11.3 Å². The molecule has 4 rings (SSSR count). The fourth-order valence-electron chi connectivity index (χ4n) is 3.25. The van der Waals surface area contributed by atoms with E-state index in [-0.39, 0.29) is 14.9 Å². The van der Waals surface area contributed by atoms with E-state index >= 15 is 0 Å². The van der Waals surface area contributed by atoms with Crippen LogP contribution in [0.5, 0.6) is 0 Å². The normalized spacial score (nSPS) is 12.4. The minimum absolute atomic E-state index is 0. The molecule has 0 radical (unpaired) electrons. The van der Waals surface area contributed by atoms with E-state index in [1.807, 2.05) is 38.1 Å². The smallest absolute Gasteiger partial charge is 0.419 e. The molecule has 7 heteroatoms. The highest BCUT2D eigenvalue weighted by Gasteiger charge is 2.18. The van der Waals surface area contributed by atoms with Gasteiger partial charge in [-0.25, -0.2) is 9.59 Å². The van der Waals surface area contributed by atoms with E-state index in [1.165, 1.54) is 4.57 Å². The van der Waals surface area contributed by atoms with Gasteiger partial charge >= 0.3 is 11.8 Å². The highest BCUT2D eigenvalue weighted by molar-refractivity contribution is 5.92. The van der Waals surface area contributed by atoms with Crippen LogP contribution in [0.25, 0.3) is 22.1 Å². The van der Waals surface area contributed by atoms with Gasteiger partial charge in [0.25, 0.3) is 0 Å². The van der Waals surface area contributed by atoms with Crippen LogP contribution in [0, 0.1) is 6.92 Å². The first-order valence-electron chi connectivity index (χ1n) is 8.59. The van der Waals surface area contributed by atoms with Crippen molar-refractivity contribution in [3.05, 3.63) is 64.3 Å². The van der Waals surface area contributed by atoms with Crippen LogP contribution in [-0.4, -0.2) is 10.6 Å². The van der Waals surface area contributed by atoms with E-state index in [1.54, 1.807) is 25.2 Å². The van der Waals surface area contributed by atoms with Crippen molar-refractivity contribution in [1.82, 2.24) is 9.88 Å². The number of hydrogen-bond donors (Lipinski definition) is 2. The van der Waals surface area contributed by atoms with Gasteiger partial charge in [0, 0.05) is 32.6 Å². The summed E-state index contributed by atoms with van der Waals surface area (Å²) >= 11 is 0. The second kappa shape index (κ2) is 6.35. The zero-order chi connectivity index (χ0) is 19.1. The number of nitrogens with zero attached hydrogens (tertiary/aromatic N) is 1. The van der Waals surface area contributed by atoms with Crippen molar-refractivity contribution in [3.63, 3.8) is 0 Å². The lowest BCUT2D eigenvalue weighted by atomic mass is 10.1. The average molecular weight is 369 g/mol. The number of benzene rings is 2. The Labute approximate surface area is 157 Å². The first-order valence-corrected chi connectivity index (χ1v) is 8.59. The quantitative estimate of drug-likeness (QED) is 0.554. The molecule has 2 aromatic carbocycles. The molecular formula is C20H23N3O4. The summed E-state index contributed by atoms with van der Waals surface area (Å²) in [5.74, 6) is 0.274. The lowest BCUT2D eigenvalue weighted by Crippen LogP contribution is -2.31. The summed E-state index contributed by atoms with van der Waals surface area (Å²) in [7, 11) is 1.63. The first kappa shape index (κ1) is 17.0. The summed E-state index contributed by atoms with van der Waals surface area (Å²) < 4.78 is 12.4. The standard InChI is InChI=1S/C20H19N3O4.2H2/c1-11-14-6-4-5-7-16(14)26-18(11)12(2)21-19(24)22-13-8-9-15-17(10-13)27-20(25)23(15)3;;/h4-10,12H,1-3H3,(H2,21,22,24);2*1H. The molecule has 7 nitrogen and oxygen atoms in total. The Kier molecular flexibility index (Phi) is 3.99. The fraction of sp³-hybridized carbons (Fsp3) is 0.200. The maximum Gasteiger partial charge on any atom is 0.419 e. The molecule has 142 valence electrons. The third kappa shape index (κ3) is 2.97. The van der Waals surface area contributed by atoms with Crippen LogP contribution in [0.15, 0.2) is 56.1 Å². The van der Waals surface area contributed by atoms with Gasteiger partial charge < -0.3 is 19.5 Å². The van der Waals surface area contributed by atoms with Crippen LogP contribution in [0.2, 0.25) is 0 Å². The number of fused-ring (bicyclic) bond motifs is 2. The number of urea groups is 1. The van der Waals surface area contributed by atoms with Crippen molar-refractivity contribution < 1.29 is 16.5 Å². The Morgan fingerprint density at radius 1 is 1.15 bits per heavy atom. The van der Waals surface area contributed by atoms with Crippen LogP contribution in [0.1, 0.15) is 27.1 Å². The Balaban J connectivity index is 0.00000150. The van der Waals surface area contributed by atoms with Crippen LogP contribution in [0.3, 0.4) is 0 Å². The summed E-state index contributed by atoms with van der Waals surface area (Å²) in [6.45, 7) is 3.84. The van der Waals surface area contributed by atoms with Crippen molar-refractivity contribution in [2.45, 2.75) is 19.9 Å². The van der Waals surface area contributed by atoms with Crippen molar-refractivity contribution in [3.8, 4) is 0 Å². The molecule has 4 aromatic rings. The zero-order valence-corrected chi connectivity index (χ0v) is 15.2. The molecule has 0 saturated carbocycles. The van der Waals surface area contributed by atoms with E-state index in [2.05, 4.69) is 10.6 Å². The van der Waals surface area contributed by atoms with Gasteiger partial charge in [-0.3, -0.25) is 4.57 Å². The highest BCUT2D eigenvalue weighted by atomic mass is 16.4. The molecule has 0 saturated heterocycles. The van der Waals surface area contributed by atoms with E-state index < -0.39 is 5.76 Å². The molecule has 0 bridgehead atoms. The Morgan fingerprint density at radius 3 is 2.70 bits per heavy atom. The Hall–Kier alpha value is -3.48. The summed E-state index contributed by atoms with van der Waals surface area (Å²) in [4.78, 5) is 23.9. The summed E-state index contributed by atoms with van der Waals surface area (Å²) in [6.07, 6.45) is 0. The van der Waals surface area contributed by atoms with Gasteiger partial charge in [-0.15, -0.1) is 0 Å². The minimum atomic E-state index is -0.444. The topological polar surface area (TPSA) is 89.4 Å². The lowest BCUT2D eigenvalue weighted by Gasteiger charge is -2.13. The second-order valence-corrected chi connectivity index (χ2v) is 6.52. The van der Waals surface area contributed by atoms with E-state index in [4.69, 9.17) is 8.83 Å². The maximum absolute atomic E-state index is 12.4. The number of amides is 2. The van der Waals surface area contributed by atoms with Gasteiger partial charge in [-0.2, -0.15) is 0 Å². The van der Waals surface area contributed by atoms with E-state index in [0.717, 1.165) is 22.3 Å². The number of carbonyl (C=O) groups excluding carboxylic acids is 1. The van der Waals surface area contributed by atoms with Gasteiger partial charge in [-0.05, 0) is 32.0 Å². The summed E-state index contributed by atoms with van der Waals surface area (Å²) in [5.41, 5.74) is 3.41. The van der Waals surface area contributed by atoms with Crippen molar-refractivity contribution in [2.75, 3.05) is 5.32 Å². The Morgan fingerprint density at radius 2 is 1.93 bits per heavy atom. The van der Waals surface area contributed by atoms with Crippen LogP contribution in [0.4, 0.5) is 10.5 Å². The molecule has 0 aliphatic rings. The molecule has 2 heterocycles. The molecule has 2 aromatic heterocycles. The highest BCUT2D eigenvalue weighted by Crippen LogP contribution is 2.29. The molecule has 1 atom stereocenters. The second-order valence-electron chi connectivity index (χ2n) is 6.52. The van der Waals surface area contributed by atoms with Gasteiger partial charge in [0.2, 0.25) is 0 Å². The lowest BCUT2D eigenvalue weighted by molar-refractivity contribution is 0.248. The van der Waals surface area contributed by atoms with Crippen LogP contribution in [-0.2, 0) is 7.05 Å². The van der Waals surface area contributed by atoms with E-state index in [9.17, 15) is 9.59 Å². The molecular weight excluding hydrogens is 346 g/mol. The number of anilines is 1. The number of carbonyl (C=O) groups is 1. The largest absolute Gasteiger partial charge is 0.459 e. The van der Waals surface area contributed by atoms with Crippen LogP contribution >= 0.6 is 0 Å². The number of aryl methyl sites for hydroxylation is 2. The molecule has 2 amide bonds. The molecule has 0 fully saturated rings. The number of hydrogen-bond acceptors (Lipinski definition) is 4. The summed E-state index contributed by atoms with van der Waals surface area (Å²) in [5, 5.41) is 6.66. The third-order valence-corrected chi connectivity index (χ3v) is 4.67. The van der Waals surface area contributed by atoms with Crippen molar-refractivity contribution in [2.24, 2.45) is 7.05 Å². The van der Waals surface area contributed by atoms with Gasteiger partial charge in [-0.1, -0.05) is 18.2 Å². The number of furan rings is 1. The molecule has 27 heavy (non-hydrogen) atoms. The zero-order valence-electron chi connectivity index (χ0n) is 15.2. The van der Waals surface area contributed by atoms with Crippen molar-refractivity contribution >= 4 is 33.8 Å². The fourth-order valence-corrected chi connectivity index (χ4v) is 3.25. The van der Waals surface area contributed by atoms with Gasteiger partial charge in [0.15, 0.2) is 5.58 Å². The minimum Gasteiger partial charge on any atom is -0.459 e. The molecule has 2 N–H and O–H groups in total.